The van der Waals surface area contributed by atoms with E-state index < -0.39 is 15.8 Å². The van der Waals surface area contributed by atoms with Crippen LogP contribution in [0.15, 0.2) is 0 Å². The number of aliphatic hydroxyl groups excluding tert-OH is 1. The summed E-state index contributed by atoms with van der Waals surface area (Å²) in [6.45, 7) is 0.264. The predicted octanol–water partition coefficient (Wildman–Crippen LogP) is -0.313. The van der Waals surface area contributed by atoms with Gasteiger partial charge in [0.25, 0.3) is 0 Å². The van der Waals surface area contributed by atoms with E-state index in [0.717, 1.165) is 12.8 Å². The summed E-state index contributed by atoms with van der Waals surface area (Å²) in [5, 5.41) is 17.4. The third kappa shape index (κ3) is 2.44. The van der Waals surface area contributed by atoms with Crippen molar-refractivity contribution in [2.24, 2.45) is 0 Å². The molecule has 1 rings (SSSR count). The summed E-state index contributed by atoms with van der Waals surface area (Å²) in [5.41, 5.74) is 0. The van der Waals surface area contributed by atoms with Gasteiger partial charge in [0, 0.05) is 12.6 Å². The Balaban J connectivity index is 2.78. The van der Waals surface area contributed by atoms with Crippen molar-refractivity contribution in [2.45, 2.75) is 25.3 Å². The number of sulfonamides is 1. The Morgan fingerprint density at radius 2 is 2.21 bits per heavy atom. The minimum absolute atomic E-state index is 0.162. The number of nitrogens with zero attached hydrogens (tertiary/aromatic N) is 2. The Kier molecular flexibility index (Phi) is 3.86. The highest BCUT2D eigenvalue weighted by Crippen LogP contribution is 2.20. The molecule has 1 N–H and O–H groups in total. The van der Waals surface area contributed by atoms with Crippen LogP contribution >= 0.6 is 0 Å². The SMILES string of the molecule is N#CCS(=O)(=O)N1CCCCC1CO. The van der Waals surface area contributed by atoms with E-state index in [1.807, 2.05) is 0 Å². The van der Waals surface area contributed by atoms with Gasteiger partial charge < -0.3 is 5.11 Å². The van der Waals surface area contributed by atoms with Gasteiger partial charge in [0.1, 0.15) is 0 Å². The van der Waals surface area contributed by atoms with E-state index >= 15 is 0 Å². The van der Waals surface area contributed by atoms with Crippen molar-refractivity contribution in [1.82, 2.24) is 4.31 Å². The highest BCUT2D eigenvalue weighted by atomic mass is 32.2. The van der Waals surface area contributed by atoms with E-state index in [4.69, 9.17) is 10.4 Å². The number of piperidine rings is 1. The molecule has 0 bridgehead atoms. The summed E-state index contributed by atoms with van der Waals surface area (Å²) in [4.78, 5) is 0. The van der Waals surface area contributed by atoms with E-state index in [0.29, 0.717) is 13.0 Å². The molecule has 1 unspecified atom stereocenters. The molecule has 0 saturated carbocycles. The van der Waals surface area contributed by atoms with Crippen LogP contribution in [0, 0.1) is 11.3 Å². The lowest BCUT2D eigenvalue weighted by Gasteiger charge is -2.32. The Morgan fingerprint density at radius 3 is 2.79 bits per heavy atom. The van der Waals surface area contributed by atoms with Gasteiger partial charge in [0.05, 0.1) is 12.7 Å². The topological polar surface area (TPSA) is 81.4 Å². The van der Waals surface area contributed by atoms with Crippen molar-refractivity contribution in [3.8, 4) is 6.07 Å². The van der Waals surface area contributed by atoms with Crippen molar-refractivity contribution >= 4 is 10.0 Å². The molecule has 1 atom stereocenters. The van der Waals surface area contributed by atoms with Crippen molar-refractivity contribution < 1.29 is 13.5 Å². The fourth-order valence-electron chi connectivity index (χ4n) is 1.69. The Bertz CT molecular complexity index is 320. The summed E-state index contributed by atoms with van der Waals surface area (Å²) < 4.78 is 24.4. The average molecular weight is 218 g/mol. The Morgan fingerprint density at radius 1 is 1.50 bits per heavy atom. The van der Waals surface area contributed by atoms with E-state index in [1.165, 1.54) is 4.31 Å². The molecule has 0 amide bonds. The highest BCUT2D eigenvalue weighted by molar-refractivity contribution is 7.89. The monoisotopic (exact) mass is 218 g/mol. The molecule has 5 nitrogen and oxygen atoms in total. The second kappa shape index (κ2) is 4.73. The number of rotatable bonds is 3. The molecule has 0 spiro atoms. The lowest BCUT2D eigenvalue weighted by molar-refractivity contribution is 0.155. The molecule has 0 aromatic carbocycles. The number of aliphatic hydroxyl groups is 1. The molecule has 80 valence electrons. The van der Waals surface area contributed by atoms with Crippen LogP contribution in [-0.4, -0.2) is 42.8 Å². The molecule has 1 heterocycles. The molecule has 0 aromatic rings. The first-order valence-corrected chi connectivity index (χ1v) is 6.20. The molecule has 1 aliphatic heterocycles. The van der Waals surface area contributed by atoms with Gasteiger partial charge in [-0.15, -0.1) is 0 Å². The lowest BCUT2D eigenvalue weighted by atomic mass is 10.1. The largest absolute Gasteiger partial charge is 0.395 e. The van der Waals surface area contributed by atoms with Gasteiger partial charge in [0.2, 0.25) is 10.0 Å². The van der Waals surface area contributed by atoms with Crippen molar-refractivity contribution in [1.29, 1.82) is 5.26 Å². The molecular formula is C8H14N2O3S. The van der Waals surface area contributed by atoms with E-state index in [1.54, 1.807) is 6.07 Å². The number of nitriles is 1. The van der Waals surface area contributed by atoms with E-state index in [9.17, 15) is 8.42 Å². The maximum Gasteiger partial charge on any atom is 0.227 e. The van der Waals surface area contributed by atoms with Crippen LogP contribution < -0.4 is 0 Å². The summed E-state index contributed by atoms with van der Waals surface area (Å²) in [6.07, 6.45) is 2.42. The molecular weight excluding hydrogens is 204 g/mol. The van der Waals surface area contributed by atoms with Crippen LogP contribution in [0.25, 0.3) is 0 Å². The molecule has 0 aromatic heterocycles. The normalized spacial score (nSPS) is 24.4. The molecule has 6 heteroatoms. The van der Waals surface area contributed by atoms with E-state index in [-0.39, 0.29) is 12.6 Å². The maximum absolute atomic E-state index is 11.5. The molecule has 14 heavy (non-hydrogen) atoms. The molecule has 0 radical (unpaired) electrons. The third-order valence-corrected chi connectivity index (χ3v) is 4.08. The minimum Gasteiger partial charge on any atom is -0.395 e. The van der Waals surface area contributed by atoms with Gasteiger partial charge in [-0.25, -0.2) is 8.42 Å². The van der Waals surface area contributed by atoms with Crippen LogP contribution in [0.4, 0.5) is 0 Å². The van der Waals surface area contributed by atoms with Crippen LogP contribution in [0.3, 0.4) is 0 Å². The first kappa shape index (κ1) is 11.4. The van der Waals surface area contributed by atoms with Crippen LogP contribution in [0.2, 0.25) is 0 Å². The lowest BCUT2D eigenvalue weighted by Crippen LogP contribution is -2.46. The molecule has 1 aliphatic rings. The zero-order chi connectivity index (χ0) is 10.6. The van der Waals surface area contributed by atoms with Gasteiger partial charge in [-0.05, 0) is 12.8 Å². The van der Waals surface area contributed by atoms with E-state index in [2.05, 4.69) is 0 Å². The summed E-state index contributed by atoms with van der Waals surface area (Å²) >= 11 is 0. The molecule has 0 aliphatic carbocycles. The van der Waals surface area contributed by atoms with Crippen LogP contribution in [0.5, 0.6) is 0 Å². The molecule has 1 saturated heterocycles. The Labute approximate surface area is 84.0 Å². The standard InChI is InChI=1S/C8H14N2O3S/c9-4-6-14(12,13)10-5-2-1-3-8(10)7-11/h8,11H,1-3,5-7H2. The fraction of sp³-hybridized carbons (Fsp3) is 0.875. The number of hydrogen-bond acceptors (Lipinski definition) is 4. The van der Waals surface area contributed by atoms with Crippen LogP contribution in [0.1, 0.15) is 19.3 Å². The maximum atomic E-state index is 11.5. The average Bonchev–Trinajstić information content (AvgIpc) is 2.18. The van der Waals surface area contributed by atoms with Crippen LogP contribution in [-0.2, 0) is 10.0 Å². The van der Waals surface area contributed by atoms with Gasteiger partial charge in [-0.1, -0.05) is 6.42 Å². The zero-order valence-electron chi connectivity index (χ0n) is 7.89. The third-order valence-electron chi connectivity index (χ3n) is 2.39. The van der Waals surface area contributed by atoms with Gasteiger partial charge in [-0.3, -0.25) is 0 Å². The first-order chi connectivity index (χ1) is 6.61. The van der Waals surface area contributed by atoms with Gasteiger partial charge in [-0.2, -0.15) is 9.57 Å². The van der Waals surface area contributed by atoms with Crippen molar-refractivity contribution in [3.63, 3.8) is 0 Å². The quantitative estimate of drug-likeness (QED) is 0.704. The highest BCUT2D eigenvalue weighted by Gasteiger charge is 2.31. The first-order valence-electron chi connectivity index (χ1n) is 4.59. The summed E-state index contributed by atoms with van der Waals surface area (Å²) in [7, 11) is -3.48. The minimum atomic E-state index is -3.48. The molecule has 1 fully saturated rings. The van der Waals surface area contributed by atoms with Gasteiger partial charge >= 0.3 is 0 Å². The predicted molar refractivity (Wildman–Crippen MR) is 50.8 cm³/mol. The van der Waals surface area contributed by atoms with Crippen molar-refractivity contribution in [3.05, 3.63) is 0 Å². The summed E-state index contributed by atoms with van der Waals surface area (Å²) in [5.74, 6) is -0.497. The zero-order valence-corrected chi connectivity index (χ0v) is 8.70. The smallest absolute Gasteiger partial charge is 0.227 e. The fourth-order valence-corrected chi connectivity index (χ4v) is 3.05. The van der Waals surface area contributed by atoms with Crippen molar-refractivity contribution in [2.75, 3.05) is 18.9 Å². The second-order valence-electron chi connectivity index (χ2n) is 3.36. The Hall–Kier alpha value is -0.640. The van der Waals surface area contributed by atoms with Gasteiger partial charge in [0.15, 0.2) is 5.75 Å². The number of hydrogen-bond donors (Lipinski definition) is 1. The summed E-state index contributed by atoms with van der Waals surface area (Å²) in [6, 6.07) is 1.31. The second-order valence-corrected chi connectivity index (χ2v) is 5.28.